The van der Waals surface area contributed by atoms with Crippen LogP contribution < -0.4 is 5.32 Å². The molecular weight excluding hydrogens is 339 g/mol. The summed E-state index contributed by atoms with van der Waals surface area (Å²) >= 11 is 0. The molecule has 1 aromatic heterocycles. The number of benzene rings is 2. The minimum Gasteiger partial charge on any atom is -0.380 e. The molecule has 4 nitrogen and oxygen atoms in total. The van der Waals surface area contributed by atoms with Gasteiger partial charge in [-0.15, -0.1) is 0 Å². The third kappa shape index (κ3) is 4.68. The monoisotopic (exact) mass is 362 g/mol. The zero-order chi connectivity index (χ0) is 18.5. The van der Waals surface area contributed by atoms with Gasteiger partial charge in [-0.05, 0) is 42.7 Å². The molecule has 138 valence electrons. The Labute approximate surface area is 159 Å². The van der Waals surface area contributed by atoms with E-state index in [1.165, 1.54) is 17.7 Å². The van der Waals surface area contributed by atoms with Crippen LogP contribution in [0.15, 0.2) is 67.0 Å². The highest BCUT2D eigenvalue weighted by Gasteiger charge is 2.19. The molecular formula is C22H23FN4. The number of nitrogens with one attached hydrogen (secondary N) is 1. The van der Waals surface area contributed by atoms with E-state index < -0.39 is 0 Å². The zero-order valence-electron chi connectivity index (χ0n) is 15.2. The molecule has 1 saturated heterocycles. The quantitative estimate of drug-likeness (QED) is 0.732. The molecule has 0 bridgehead atoms. The third-order valence-electron chi connectivity index (χ3n) is 4.96. The summed E-state index contributed by atoms with van der Waals surface area (Å²) in [4.78, 5) is 11.3. The van der Waals surface area contributed by atoms with E-state index in [-0.39, 0.29) is 5.82 Å². The lowest BCUT2D eigenvalue weighted by molar-refractivity contribution is 0.211. The third-order valence-corrected chi connectivity index (χ3v) is 4.96. The summed E-state index contributed by atoms with van der Waals surface area (Å²) in [5.41, 5.74) is 3.12. The molecule has 1 aliphatic heterocycles. The van der Waals surface area contributed by atoms with Crippen LogP contribution in [0.25, 0.3) is 11.4 Å². The Kier molecular flexibility index (Phi) is 5.39. The molecule has 2 heterocycles. The van der Waals surface area contributed by atoms with Crippen molar-refractivity contribution >= 4 is 5.69 Å². The van der Waals surface area contributed by atoms with Gasteiger partial charge >= 0.3 is 0 Å². The SMILES string of the molecule is Fc1ccc(-c2ncc(NC3CCN(Cc4ccccc4)CC3)cn2)cc1. The van der Waals surface area contributed by atoms with Crippen molar-refractivity contribution in [3.8, 4) is 11.4 Å². The van der Waals surface area contributed by atoms with Gasteiger partial charge in [0, 0.05) is 31.2 Å². The first-order valence-corrected chi connectivity index (χ1v) is 9.37. The Hall–Kier alpha value is -2.79. The van der Waals surface area contributed by atoms with E-state index in [0.29, 0.717) is 11.9 Å². The van der Waals surface area contributed by atoms with Gasteiger partial charge in [0.2, 0.25) is 0 Å². The number of hydrogen-bond donors (Lipinski definition) is 1. The van der Waals surface area contributed by atoms with Crippen molar-refractivity contribution in [1.29, 1.82) is 0 Å². The molecule has 1 N–H and O–H groups in total. The first-order chi connectivity index (χ1) is 13.3. The second-order valence-electron chi connectivity index (χ2n) is 6.98. The van der Waals surface area contributed by atoms with Gasteiger partial charge in [-0.2, -0.15) is 0 Å². The molecule has 3 aromatic rings. The highest BCUT2D eigenvalue weighted by atomic mass is 19.1. The maximum Gasteiger partial charge on any atom is 0.159 e. The van der Waals surface area contributed by atoms with Gasteiger partial charge in [0.25, 0.3) is 0 Å². The number of hydrogen-bond acceptors (Lipinski definition) is 4. The van der Waals surface area contributed by atoms with E-state index in [1.54, 1.807) is 12.1 Å². The molecule has 1 fully saturated rings. The molecule has 0 unspecified atom stereocenters. The predicted octanol–water partition coefficient (Wildman–Crippen LogP) is 4.36. The van der Waals surface area contributed by atoms with Gasteiger partial charge in [-0.3, -0.25) is 4.90 Å². The fraction of sp³-hybridized carbons (Fsp3) is 0.273. The molecule has 0 spiro atoms. The van der Waals surface area contributed by atoms with Crippen LogP contribution in [0.4, 0.5) is 10.1 Å². The number of piperidine rings is 1. The van der Waals surface area contributed by atoms with Crippen LogP contribution in [-0.4, -0.2) is 34.0 Å². The largest absolute Gasteiger partial charge is 0.380 e. The van der Waals surface area contributed by atoms with E-state index in [1.807, 2.05) is 12.4 Å². The Morgan fingerprint density at radius 3 is 2.26 bits per heavy atom. The number of rotatable bonds is 5. The van der Waals surface area contributed by atoms with Crippen LogP contribution in [0.1, 0.15) is 18.4 Å². The second-order valence-corrected chi connectivity index (χ2v) is 6.98. The lowest BCUT2D eigenvalue weighted by Crippen LogP contribution is -2.38. The number of anilines is 1. The van der Waals surface area contributed by atoms with Gasteiger partial charge in [0.1, 0.15) is 5.82 Å². The van der Waals surface area contributed by atoms with Gasteiger partial charge in [0.15, 0.2) is 5.82 Å². The maximum absolute atomic E-state index is 13.0. The lowest BCUT2D eigenvalue weighted by Gasteiger charge is -2.32. The van der Waals surface area contributed by atoms with Crippen molar-refractivity contribution in [2.24, 2.45) is 0 Å². The molecule has 0 atom stereocenters. The summed E-state index contributed by atoms with van der Waals surface area (Å²) in [5, 5.41) is 3.54. The van der Waals surface area contributed by atoms with Crippen LogP contribution in [0, 0.1) is 5.82 Å². The fourth-order valence-electron chi connectivity index (χ4n) is 3.46. The van der Waals surface area contributed by atoms with Crippen molar-refractivity contribution in [3.05, 3.63) is 78.4 Å². The standard InChI is InChI=1S/C22H23FN4/c23-19-8-6-18(7-9-19)22-24-14-21(15-25-22)26-20-10-12-27(13-11-20)16-17-4-2-1-3-5-17/h1-9,14-15,20,26H,10-13,16H2. The summed E-state index contributed by atoms with van der Waals surface area (Å²) in [6.07, 6.45) is 5.82. The van der Waals surface area contributed by atoms with E-state index in [2.05, 4.69) is 50.5 Å². The van der Waals surface area contributed by atoms with Crippen molar-refractivity contribution in [2.45, 2.75) is 25.4 Å². The minimum atomic E-state index is -0.254. The number of halogens is 1. The molecule has 5 heteroatoms. The number of aromatic nitrogens is 2. The van der Waals surface area contributed by atoms with Crippen LogP contribution in [-0.2, 0) is 6.54 Å². The summed E-state index contributed by atoms with van der Waals surface area (Å²) in [6, 6.07) is 17.3. The van der Waals surface area contributed by atoms with Crippen molar-refractivity contribution in [1.82, 2.24) is 14.9 Å². The summed E-state index contributed by atoms with van der Waals surface area (Å²) < 4.78 is 13.0. The van der Waals surface area contributed by atoms with Crippen molar-refractivity contribution in [3.63, 3.8) is 0 Å². The molecule has 0 radical (unpaired) electrons. The number of nitrogens with zero attached hydrogens (tertiary/aromatic N) is 3. The average molecular weight is 362 g/mol. The van der Waals surface area contributed by atoms with Crippen molar-refractivity contribution < 1.29 is 4.39 Å². The average Bonchev–Trinajstić information content (AvgIpc) is 2.72. The second kappa shape index (κ2) is 8.27. The van der Waals surface area contributed by atoms with E-state index in [0.717, 1.165) is 43.7 Å². The highest BCUT2D eigenvalue weighted by Crippen LogP contribution is 2.19. The van der Waals surface area contributed by atoms with E-state index in [9.17, 15) is 4.39 Å². The summed E-state index contributed by atoms with van der Waals surface area (Å²) in [7, 11) is 0. The Balaban J connectivity index is 1.29. The Morgan fingerprint density at radius 2 is 1.59 bits per heavy atom. The van der Waals surface area contributed by atoms with E-state index in [4.69, 9.17) is 0 Å². The van der Waals surface area contributed by atoms with Gasteiger partial charge in [0.05, 0.1) is 18.1 Å². The fourth-order valence-corrected chi connectivity index (χ4v) is 3.46. The van der Waals surface area contributed by atoms with Gasteiger partial charge in [-0.25, -0.2) is 14.4 Å². The first-order valence-electron chi connectivity index (χ1n) is 9.37. The molecule has 27 heavy (non-hydrogen) atoms. The normalized spacial score (nSPS) is 15.6. The molecule has 0 saturated carbocycles. The molecule has 1 aliphatic rings. The maximum atomic E-state index is 13.0. The highest BCUT2D eigenvalue weighted by molar-refractivity contribution is 5.56. The Morgan fingerprint density at radius 1 is 0.926 bits per heavy atom. The molecule has 4 rings (SSSR count). The predicted molar refractivity (Wildman–Crippen MR) is 106 cm³/mol. The summed E-state index contributed by atoms with van der Waals surface area (Å²) in [6.45, 7) is 3.19. The first kappa shape index (κ1) is 17.6. The van der Waals surface area contributed by atoms with E-state index >= 15 is 0 Å². The number of likely N-dealkylation sites (tertiary alicyclic amines) is 1. The molecule has 2 aromatic carbocycles. The van der Waals surface area contributed by atoms with Gasteiger partial charge < -0.3 is 5.32 Å². The van der Waals surface area contributed by atoms with Crippen LogP contribution >= 0.6 is 0 Å². The van der Waals surface area contributed by atoms with Gasteiger partial charge in [-0.1, -0.05) is 30.3 Å². The minimum absolute atomic E-state index is 0.254. The lowest BCUT2D eigenvalue weighted by atomic mass is 10.0. The Bertz CT molecular complexity index is 842. The topological polar surface area (TPSA) is 41.1 Å². The van der Waals surface area contributed by atoms with Crippen LogP contribution in [0.2, 0.25) is 0 Å². The van der Waals surface area contributed by atoms with Crippen LogP contribution in [0.3, 0.4) is 0 Å². The van der Waals surface area contributed by atoms with Crippen LogP contribution in [0.5, 0.6) is 0 Å². The molecule has 0 amide bonds. The zero-order valence-corrected chi connectivity index (χ0v) is 15.2. The van der Waals surface area contributed by atoms with Crippen molar-refractivity contribution in [2.75, 3.05) is 18.4 Å². The molecule has 0 aliphatic carbocycles. The smallest absolute Gasteiger partial charge is 0.159 e. The summed E-state index contributed by atoms with van der Waals surface area (Å²) in [5.74, 6) is 0.355.